The molecule has 2 heterocycles. The highest BCUT2D eigenvalue weighted by atomic mass is 16.5. The van der Waals surface area contributed by atoms with E-state index >= 15 is 0 Å². The van der Waals surface area contributed by atoms with Crippen molar-refractivity contribution in [1.29, 1.82) is 0 Å². The number of aromatic nitrogens is 1. The maximum Gasteiger partial charge on any atom is 0.212 e. The second kappa shape index (κ2) is 8.19. The summed E-state index contributed by atoms with van der Waals surface area (Å²) < 4.78 is 10.7. The van der Waals surface area contributed by atoms with Crippen LogP contribution in [0.3, 0.4) is 0 Å². The molecule has 5 heteroatoms. The highest BCUT2D eigenvalue weighted by Gasteiger charge is 2.16. The average Bonchev–Trinajstić information content (AvgIpc) is 3.00. The molecule has 0 aliphatic carbocycles. The molecule has 2 atom stereocenters. The predicted molar refractivity (Wildman–Crippen MR) is 78.4 cm³/mol. The van der Waals surface area contributed by atoms with E-state index in [0.717, 1.165) is 32.3 Å². The summed E-state index contributed by atoms with van der Waals surface area (Å²) in [5.74, 6) is 6.29. The third-order valence-electron chi connectivity index (χ3n) is 3.83. The van der Waals surface area contributed by atoms with Gasteiger partial charge in [0.25, 0.3) is 0 Å². The van der Waals surface area contributed by atoms with Gasteiger partial charge in [0.2, 0.25) is 5.88 Å². The lowest BCUT2D eigenvalue weighted by Crippen LogP contribution is -2.36. The molecule has 1 aromatic heterocycles. The van der Waals surface area contributed by atoms with Crippen molar-refractivity contribution in [3.63, 3.8) is 0 Å². The van der Waals surface area contributed by atoms with E-state index in [1.807, 2.05) is 18.3 Å². The van der Waals surface area contributed by atoms with Gasteiger partial charge in [-0.1, -0.05) is 6.07 Å². The molecular weight excluding hydrogens is 254 g/mol. The number of nitrogens with one attached hydrogen (secondary N) is 1. The van der Waals surface area contributed by atoms with Gasteiger partial charge in [0.05, 0.1) is 13.2 Å². The van der Waals surface area contributed by atoms with Gasteiger partial charge in [0.15, 0.2) is 0 Å². The van der Waals surface area contributed by atoms with Gasteiger partial charge < -0.3 is 9.47 Å². The molecule has 1 aliphatic heterocycles. The van der Waals surface area contributed by atoms with Crippen LogP contribution in [0, 0.1) is 0 Å². The summed E-state index contributed by atoms with van der Waals surface area (Å²) in [5, 5.41) is 0. The van der Waals surface area contributed by atoms with Crippen molar-refractivity contribution in [1.82, 2.24) is 10.4 Å². The summed E-state index contributed by atoms with van der Waals surface area (Å²) in [6, 6.07) is 4.21. The summed E-state index contributed by atoms with van der Waals surface area (Å²) in [5.41, 5.74) is 4.08. The lowest BCUT2D eigenvalue weighted by atomic mass is 10.0. The summed E-state index contributed by atoms with van der Waals surface area (Å²) in [6.07, 6.45) is 8.97. The number of hydrogen-bond acceptors (Lipinski definition) is 5. The van der Waals surface area contributed by atoms with Crippen LogP contribution in [0.25, 0.3) is 0 Å². The minimum absolute atomic E-state index is 0.284. The first-order valence-corrected chi connectivity index (χ1v) is 7.38. The Labute approximate surface area is 120 Å². The molecule has 0 spiro atoms. The van der Waals surface area contributed by atoms with Gasteiger partial charge in [-0.05, 0) is 44.1 Å². The first-order chi connectivity index (χ1) is 9.81. The molecule has 0 amide bonds. The normalized spacial score (nSPS) is 20.0. The fourth-order valence-corrected chi connectivity index (χ4v) is 2.65. The fraction of sp³-hybridized carbons (Fsp3) is 0.667. The van der Waals surface area contributed by atoms with Crippen molar-refractivity contribution >= 4 is 0 Å². The molecule has 0 saturated carbocycles. The smallest absolute Gasteiger partial charge is 0.212 e. The molecule has 0 bridgehead atoms. The topological polar surface area (TPSA) is 69.4 Å². The molecule has 112 valence electrons. The molecule has 5 nitrogen and oxygen atoms in total. The van der Waals surface area contributed by atoms with Crippen LogP contribution in [-0.2, 0) is 11.2 Å². The highest BCUT2D eigenvalue weighted by Crippen LogP contribution is 2.19. The summed E-state index contributed by atoms with van der Waals surface area (Å²) >= 11 is 0. The number of nitrogens with two attached hydrogens (primary N) is 1. The monoisotopic (exact) mass is 279 g/mol. The number of rotatable bonds is 8. The van der Waals surface area contributed by atoms with Crippen LogP contribution in [0.2, 0.25) is 0 Å². The molecule has 1 saturated heterocycles. The van der Waals surface area contributed by atoms with Crippen LogP contribution < -0.4 is 16.0 Å². The lowest BCUT2D eigenvalue weighted by Gasteiger charge is -2.17. The third kappa shape index (κ3) is 4.74. The summed E-state index contributed by atoms with van der Waals surface area (Å²) in [4.78, 5) is 4.22. The van der Waals surface area contributed by atoms with Gasteiger partial charge in [-0.2, -0.15) is 0 Å². The van der Waals surface area contributed by atoms with E-state index in [1.165, 1.54) is 18.4 Å². The number of hydrogen-bond donors (Lipinski definition) is 2. The summed E-state index contributed by atoms with van der Waals surface area (Å²) in [6.45, 7) is 0.931. The molecule has 2 rings (SSSR count). The Morgan fingerprint density at radius 2 is 2.45 bits per heavy atom. The van der Waals surface area contributed by atoms with Crippen LogP contribution >= 0.6 is 0 Å². The van der Waals surface area contributed by atoms with Crippen molar-refractivity contribution in [2.75, 3.05) is 13.7 Å². The molecule has 0 radical (unpaired) electrons. The number of nitrogens with zero attached hydrogens (tertiary/aromatic N) is 1. The molecule has 2 unspecified atom stereocenters. The van der Waals surface area contributed by atoms with Crippen LogP contribution in [0.1, 0.15) is 37.7 Å². The molecule has 1 aromatic rings. The zero-order valence-corrected chi connectivity index (χ0v) is 12.2. The molecular formula is C15H25N3O2. The minimum atomic E-state index is 0.284. The minimum Gasteiger partial charge on any atom is -0.481 e. The first-order valence-electron chi connectivity index (χ1n) is 7.38. The van der Waals surface area contributed by atoms with Crippen molar-refractivity contribution in [3.05, 3.63) is 23.9 Å². The largest absolute Gasteiger partial charge is 0.481 e. The second-order valence-electron chi connectivity index (χ2n) is 5.34. The van der Waals surface area contributed by atoms with Crippen LogP contribution in [0.5, 0.6) is 5.88 Å². The van der Waals surface area contributed by atoms with E-state index in [2.05, 4.69) is 10.4 Å². The SMILES string of the molecule is COc1ccc(CC(CCCC2CCCO2)NN)cn1. The Hall–Kier alpha value is -1.17. The van der Waals surface area contributed by atoms with E-state index in [4.69, 9.17) is 15.3 Å². The van der Waals surface area contributed by atoms with Gasteiger partial charge in [0.1, 0.15) is 0 Å². The Morgan fingerprint density at radius 1 is 1.55 bits per heavy atom. The van der Waals surface area contributed by atoms with Crippen molar-refractivity contribution < 1.29 is 9.47 Å². The van der Waals surface area contributed by atoms with Gasteiger partial charge in [-0.15, -0.1) is 0 Å². The van der Waals surface area contributed by atoms with Crippen molar-refractivity contribution in [2.45, 2.75) is 50.7 Å². The van der Waals surface area contributed by atoms with E-state index in [9.17, 15) is 0 Å². The molecule has 1 fully saturated rings. The standard InChI is InChI=1S/C15H25N3O2/c1-19-15-8-7-12(11-17-15)10-13(18-16)4-2-5-14-6-3-9-20-14/h7-8,11,13-14,18H,2-6,9-10,16H2,1H3. The van der Waals surface area contributed by atoms with Gasteiger partial charge >= 0.3 is 0 Å². The Morgan fingerprint density at radius 3 is 3.05 bits per heavy atom. The van der Waals surface area contributed by atoms with E-state index in [-0.39, 0.29) is 6.04 Å². The second-order valence-corrected chi connectivity index (χ2v) is 5.34. The zero-order valence-electron chi connectivity index (χ0n) is 12.2. The van der Waals surface area contributed by atoms with Crippen molar-refractivity contribution in [3.8, 4) is 5.88 Å². The predicted octanol–water partition coefficient (Wildman–Crippen LogP) is 1.81. The maximum atomic E-state index is 5.64. The molecule has 1 aliphatic rings. The molecule has 20 heavy (non-hydrogen) atoms. The average molecular weight is 279 g/mol. The molecule has 3 N–H and O–H groups in total. The van der Waals surface area contributed by atoms with E-state index in [0.29, 0.717) is 12.0 Å². The zero-order chi connectivity index (χ0) is 14.2. The number of pyridine rings is 1. The van der Waals surface area contributed by atoms with Gasteiger partial charge in [-0.25, -0.2) is 4.98 Å². The Kier molecular flexibility index (Phi) is 6.24. The van der Waals surface area contributed by atoms with Crippen LogP contribution in [0.4, 0.5) is 0 Å². The van der Waals surface area contributed by atoms with Gasteiger partial charge in [0, 0.05) is 24.9 Å². The fourth-order valence-electron chi connectivity index (χ4n) is 2.65. The Balaban J connectivity index is 1.72. The first kappa shape index (κ1) is 15.2. The van der Waals surface area contributed by atoms with Crippen molar-refractivity contribution in [2.24, 2.45) is 5.84 Å². The number of methoxy groups -OCH3 is 1. The maximum absolute atomic E-state index is 5.64. The third-order valence-corrected chi connectivity index (χ3v) is 3.83. The summed E-state index contributed by atoms with van der Waals surface area (Å²) in [7, 11) is 1.62. The Bertz CT molecular complexity index is 377. The van der Waals surface area contributed by atoms with Gasteiger partial charge in [-0.3, -0.25) is 11.3 Å². The number of ether oxygens (including phenoxy) is 2. The molecule has 0 aromatic carbocycles. The van der Waals surface area contributed by atoms with E-state index < -0.39 is 0 Å². The van der Waals surface area contributed by atoms with E-state index in [1.54, 1.807) is 7.11 Å². The quantitative estimate of drug-likeness (QED) is 0.561. The lowest BCUT2D eigenvalue weighted by molar-refractivity contribution is 0.101. The number of hydrazine groups is 1. The van der Waals surface area contributed by atoms with Crippen LogP contribution in [-0.4, -0.2) is 30.8 Å². The van der Waals surface area contributed by atoms with Crippen LogP contribution in [0.15, 0.2) is 18.3 Å². The highest BCUT2D eigenvalue weighted by molar-refractivity contribution is 5.18.